The summed E-state index contributed by atoms with van der Waals surface area (Å²) in [5.41, 5.74) is 0.953. The number of carboxylic acids is 1. The van der Waals surface area contributed by atoms with Crippen LogP contribution in [-0.2, 0) is 9.53 Å². The van der Waals surface area contributed by atoms with E-state index >= 15 is 0 Å². The molecule has 116 valence electrons. The molecule has 1 aliphatic heterocycles. The molecule has 6 heteroatoms. The van der Waals surface area contributed by atoms with Gasteiger partial charge in [0.15, 0.2) is 0 Å². The van der Waals surface area contributed by atoms with Crippen molar-refractivity contribution in [2.45, 2.75) is 33.1 Å². The van der Waals surface area contributed by atoms with Crippen LogP contribution in [0.1, 0.15) is 37.7 Å². The predicted octanol–water partition coefficient (Wildman–Crippen LogP) is 1.84. The van der Waals surface area contributed by atoms with Crippen LogP contribution in [0.5, 0.6) is 0 Å². The molecule has 1 saturated heterocycles. The molecule has 6 nitrogen and oxygen atoms in total. The number of carbonyl (C=O) groups is 1. The molecule has 2 heterocycles. The highest BCUT2D eigenvalue weighted by molar-refractivity contribution is 5.73. The summed E-state index contributed by atoms with van der Waals surface area (Å²) in [6.07, 6.45) is 0.957. The molecule has 0 saturated carbocycles. The maximum atomic E-state index is 11.1. The van der Waals surface area contributed by atoms with Crippen LogP contribution in [0.4, 0.5) is 5.82 Å². The summed E-state index contributed by atoms with van der Waals surface area (Å²) < 4.78 is 5.41. The van der Waals surface area contributed by atoms with Gasteiger partial charge >= 0.3 is 5.97 Å². The van der Waals surface area contributed by atoms with E-state index in [1.54, 1.807) is 4.90 Å². The molecular formula is C15H23N3O3. The third-order valence-electron chi connectivity index (χ3n) is 3.43. The van der Waals surface area contributed by atoms with E-state index in [2.05, 4.69) is 23.8 Å². The Labute approximate surface area is 125 Å². The van der Waals surface area contributed by atoms with Gasteiger partial charge in [0.05, 0.1) is 12.3 Å². The molecule has 1 aromatic rings. The van der Waals surface area contributed by atoms with Crippen molar-refractivity contribution in [2.24, 2.45) is 5.92 Å². The van der Waals surface area contributed by atoms with Crippen LogP contribution < -0.4 is 4.90 Å². The quantitative estimate of drug-likeness (QED) is 0.862. The molecule has 0 radical (unpaired) electrons. The van der Waals surface area contributed by atoms with Gasteiger partial charge in [0.2, 0.25) is 0 Å². The van der Waals surface area contributed by atoms with Gasteiger partial charge in [-0.3, -0.25) is 4.79 Å². The zero-order valence-electron chi connectivity index (χ0n) is 12.9. The van der Waals surface area contributed by atoms with Gasteiger partial charge in [-0.1, -0.05) is 13.8 Å². The Balaban J connectivity index is 2.27. The van der Waals surface area contributed by atoms with Gasteiger partial charge < -0.3 is 14.7 Å². The van der Waals surface area contributed by atoms with Crippen molar-refractivity contribution < 1.29 is 14.6 Å². The Kier molecular flexibility index (Phi) is 5.12. The molecule has 0 aliphatic carbocycles. The number of ether oxygens (including phenoxy) is 1. The minimum absolute atomic E-state index is 0.0464. The van der Waals surface area contributed by atoms with Crippen molar-refractivity contribution in [1.29, 1.82) is 0 Å². The predicted molar refractivity (Wildman–Crippen MR) is 79.6 cm³/mol. The smallest absolute Gasteiger partial charge is 0.323 e. The number of hydrogen-bond acceptors (Lipinski definition) is 5. The van der Waals surface area contributed by atoms with Crippen molar-refractivity contribution >= 4 is 11.8 Å². The van der Waals surface area contributed by atoms with Gasteiger partial charge in [0, 0.05) is 25.1 Å². The Morgan fingerprint density at radius 1 is 1.52 bits per heavy atom. The molecule has 0 aromatic carbocycles. The molecule has 1 aromatic heterocycles. The monoisotopic (exact) mass is 293 g/mol. The Hall–Kier alpha value is -1.69. The molecule has 0 bridgehead atoms. The van der Waals surface area contributed by atoms with Gasteiger partial charge in [-0.25, -0.2) is 9.97 Å². The molecule has 0 spiro atoms. The van der Waals surface area contributed by atoms with Crippen molar-refractivity contribution in [3.63, 3.8) is 0 Å². The molecule has 1 aliphatic rings. The second kappa shape index (κ2) is 6.85. The topological polar surface area (TPSA) is 75.5 Å². The summed E-state index contributed by atoms with van der Waals surface area (Å²) in [5, 5.41) is 9.10. The standard InChI is InChI=1S/C15H23N3O3/c1-10(2)7-18(8-15(19)20)14-6-13(16-11(3)17-14)12-4-5-21-9-12/h6,10,12H,4-5,7-9H2,1-3H3,(H,19,20). The van der Waals surface area contributed by atoms with Crippen LogP contribution in [0.25, 0.3) is 0 Å². The Morgan fingerprint density at radius 3 is 2.86 bits per heavy atom. The summed E-state index contributed by atoms with van der Waals surface area (Å²) in [7, 11) is 0. The van der Waals surface area contributed by atoms with Crippen molar-refractivity contribution in [3.8, 4) is 0 Å². The van der Waals surface area contributed by atoms with Gasteiger partial charge in [-0.2, -0.15) is 0 Å². The third-order valence-corrected chi connectivity index (χ3v) is 3.43. The minimum Gasteiger partial charge on any atom is -0.480 e. The fourth-order valence-electron chi connectivity index (χ4n) is 2.56. The normalized spacial score (nSPS) is 18.2. The van der Waals surface area contributed by atoms with Crippen LogP contribution in [0.2, 0.25) is 0 Å². The Bertz CT molecular complexity index is 499. The number of aromatic nitrogens is 2. The zero-order valence-corrected chi connectivity index (χ0v) is 12.9. The van der Waals surface area contributed by atoms with Crippen molar-refractivity contribution in [1.82, 2.24) is 9.97 Å². The van der Waals surface area contributed by atoms with E-state index in [1.165, 1.54) is 0 Å². The van der Waals surface area contributed by atoms with Gasteiger partial charge in [0.1, 0.15) is 18.2 Å². The first-order valence-electron chi connectivity index (χ1n) is 7.35. The first-order valence-corrected chi connectivity index (χ1v) is 7.35. The van der Waals surface area contributed by atoms with Gasteiger partial charge in [-0.05, 0) is 19.3 Å². The number of aryl methyl sites for hydroxylation is 1. The highest BCUT2D eigenvalue weighted by atomic mass is 16.5. The molecule has 2 rings (SSSR count). The first-order chi connectivity index (χ1) is 9.95. The minimum atomic E-state index is -0.849. The van der Waals surface area contributed by atoms with E-state index in [-0.39, 0.29) is 12.5 Å². The van der Waals surface area contributed by atoms with Crippen LogP contribution in [-0.4, -0.2) is 47.3 Å². The highest BCUT2D eigenvalue weighted by Crippen LogP contribution is 2.26. The molecule has 1 unspecified atom stereocenters. The van der Waals surface area contributed by atoms with Crippen LogP contribution in [0.3, 0.4) is 0 Å². The molecule has 1 atom stereocenters. The maximum Gasteiger partial charge on any atom is 0.323 e. The summed E-state index contributed by atoms with van der Waals surface area (Å²) in [5.74, 6) is 1.17. The second-order valence-electron chi connectivity index (χ2n) is 5.93. The van der Waals surface area contributed by atoms with Crippen LogP contribution in [0.15, 0.2) is 6.07 Å². The molecule has 1 fully saturated rings. The Morgan fingerprint density at radius 2 is 2.29 bits per heavy atom. The summed E-state index contributed by atoms with van der Waals surface area (Å²) in [6, 6.07) is 1.91. The molecule has 21 heavy (non-hydrogen) atoms. The number of aliphatic carboxylic acids is 1. The summed E-state index contributed by atoms with van der Waals surface area (Å²) >= 11 is 0. The fourth-order valence-corrected chi connectivity index (χ4v) is 2.56. The highest BCUT2D eigenvalue weighted by Gasteiger charge is 2.22. The lowest BCUT2D eigenvalue weighted by molar-refractivity contribution is -0.135. The molecule has 1 N–H and O–H groups in total. The van der Waals surface area contributed by atoms with E-state index in [0.29, 0.717) is 30.7 Å². The SMILES string of the molecule is Cc1nc(C2CCOC2)cc(N(CC(=O)O)CC(C)C)n1. The van der Waals surface area contributed by atoms with E-state index in [4.69, 9.17) is 9.84 Å². The van der Waals surface area contributed by atoms with Crippen molar-refractivity contribution in [2.75, 3.05) is 31.2 Å². The average molecular weight is 293 g/mol. The van der Waals surface area contributed by atoms with Crippen LogP contribution in [0, 0.1) is 12.8 Å². The van der Waals surface area contributed by atoms with Gasteiger partial charge in [-0.15, -0.1) is 0 Å². The lowest BCUT2D eigenvalue weighted by Crippen LogP contribution is -2.34. The lowest BCUT2D eigenvalue weighted by Gasteiger charge is -2.24. The van der Waals surface area contributed by atoms with Crippen molar-refractivity contribution in [3.05, 3.63) is 17.6 Å². The lowest BCUT2D eigenvalue weighted by atomic mass is 10.0. The van der Waals surface area contributed by atoms with E-state index in [0.717, 1.165) is 18.7 Å². The van der Waals surface area contributed by atoms with E-state index in [1.807, 2.05) is 13.0 Å². The zero-order chi connectivity index (χ0) is 15.4. The van der Waals surface area contributed by atoms with E-state index in [9.17, 15) is 4.79 Å². The number of carboxylic acid groups (broad SMARTS) is 1. The third kappa shape index (κ3) is 4.39. The van der Waals surface area contributed by atoms with Crippen LogP contribution >= 0.6 is 0 Å². The summed E-state index contributed by atoms with van der Waals surface area (Å²) in [6.45, 7) is 8.02. The summed E-state index contributed by atoms with van der Waals surface area (Å²) in [4.78, 5) is 21.8. The number of nitrogens with zero attached hydrogens (tertiary/aromatic N) is 3. The number of hydrogen-bond donors (Lipinski definition) is 1. The molecule has 0 amide bonds. The average Bonchev–Trinajstić information content (AvgIpc) is 2.90. The van der Waals surface area contributed by atoms with Gasteiger partial charge in [0.25, 0.3) is 0 Å². The van der Waals surface area contributed by atoms with E-state index < -0.39 is 5.97 Å². The second-order valence-corrected chi connectivity index (χ2v) is 5.93. The first kappa shape index (κ1) is 15.7. The maximum absolute atomic E-state index is 11.1. The number of anilines is 1. The largest absolute Gasteiger partial charge is 0.480 e. The fraction of sp³-hybridized carbons (Fsp3) is 0.667. The number of rotatable bonds is 6. The molecular weight excluding hydrogens is 270 g/mol.